The van der Waals surface area contributed by atoms with Gasteiger partial charge in [-0.05, 0) is 68.1 Å². The van der Waals surface area contributed by atoms with Gasteiger partial charge < -0.3 is 5.32 Å². The van der Waals surface area contributed by atoms with Crippen LogP contribution in [0.1, 0.15) is 61.0 Å². The van der Waals surface area contributed by atoms with Crippen molar-refractivity contribution in [3.05, 3.63) is 47.9 Å². The molecule has 156 valence electrons. The fraction of sp³-hybridized carbons (Fsp3) is 0.458. The first-order valence-electron chi connectivity index (χ1n) is 11.2. The highest BCUT2D eigenvalue weighted by molar-refractivity contribution is 6.05. The van der Waals surface area contributed by atoms with Gasteiger partial charge in [-0.25, -0.2) is 0 Å². The smallest absolute Gasteiger partial charge is 0.272 e. The number of hydrogen-bond donors (Lipinski definition) is 2. The molecule has 1 saturated carbocycles. The summed E-state index contributed by atoms with van der Waals surface area (Å²) in [6, 6.07) is 8.62. The Morgan fingerprint density at radius 3 is 2.70 bits per heavy atom. The Kier molecular flexibility index (Phi) is 5.49. The van der Waals surface area contributed by atoms with Crippen LogP contribution in [0.4, 0.5) is 0 Å². The summed E-state index contributed by atoms with van der Waals surface area (Å²) in [6.45, 7) is 3.29. The molecule has 30 heavy (non-hydrogen) atoms. The molecule has 0 radical (unpaired) electrons. The van der Waals surface area contributed by atoms with Crippen LogP contribution in [0.3, 0.4) is 0 Å². The first-order valence-corrected chi connectivity index (χ1v) is 11.2. The third-order valence-electron chi connectivity index (χ3n) is 6.45. The van der Waals surface area contributed by atoms with Gasteiger partial charge in [0.1, 0.15) is 0 Å². The Labute approximate surface area is 177 Å². The average Bonchev–Trinajstić information content (AvgIpc) is 3.44. The molecule has 0 unspecified atom stereocenters. The molecule has 1 aliphatic carbocycles. The zero-order valence-corrected chi connectivity index (χ0v) is 17.4. The summed E-state index contributed by atoms with van der Waals surface area (Å²) in [7, 11) is 0. The fourth-order valence-electron chi connectivity index (χ4n) is 4.80. The van der Waals surface area contributed by atoms with Gasteiger partial charge in [-0.3, -0.25) is 19.8 Å². The van der Waals surface area contributed by atoms with Crippen molar-refractivity contribution in [1.82, 2.24) is 25.4 Å². The number of pyridine rings is 1. The van der Waals surface area contributed by atoms with Crippen molar-refractivity contribution in [2.45, 2.75) is 57.5 Å². The summed E-state index contributed by atoms with van der Waals surface area (Å²) in [5.74, 6) is -0.0776. The highest BCUT2D eigenvalue weighted by Gasteiger charge is 2.20. The molecule has 2 N–H and O–H groups in total. The lowest BCUT2D eigenvalue weighted by Gasteiger charge is -2.22. The number of fused-ring (bicyclic) bond motifs is 1. The molecule has 6 heteroatoms. The van der Waals surface area contributed by atoms with Crippen molar-refractivity contribution < 1.29 is 4.79 Å². The zero-order chi connectivity index (χ0) is 20.3. The number of carbonyl (C=O) groups excluding carboxylic acids is 1. The molecular formula is C24H29N5O. The number of amides is 1. The van der Waals surface area contributed by atoms with Crippen molar-refractivity contribution in [1.29, 1.82) is 0 Å². The second-order valence-corrected chi connectivity index (χ2v) is 8.71. The SMILES string of the molecule is O=C(NC1CCCCC1)c1n[nH]c2ccc(-c3cncc(CN4CCCC4)c3)cc12. The highest BCUT2D eigenvalue weighted by atomic mass is 16.2. The van der Waals surface area contributed by atoms with Gasteiger partial charge in [-0.1, -0.05) is 25.3 Å². The van der Waals surface area contributed by atoms with E-state index in [0.29, 0.717) is 5.69 Å². The molecule has 3 heterocycles. The van der Waals surface area contributed by atoms with Crippen molar-refractivity contribution in [3.63, 3.8) is 0 Å². The maximum Gasteiger partial charge on any atom is 0.272 e. The van der Waals surface area contributed by atoms with Crippen LogP contribution in [0, 0.1) is 0 Å². The van der Waals surface area contributed by atoms with Crippen LogP contribution in [-0.4, -0.2) is 45.1 Å². The van der Waals surface area contributed by atoms with Crippen LogP contribution in [0.15, 0.2) is 36.7 Å². The summed E-state index contributed by atoms with van der Waals surface area (Å²) in [5.41, 5.74) is 4.74. The van der Waals surface area contributed by atoms with Crippen molar-refractivity contribution in [2.75, 3.05) is 13.1 Å². The zero-order valence-electron chi connectivity index (χ0n) is 17.4. The molecule has 0 bridgehead atoms. The Bertz CT molecular complexity index is 1030. The van der Waals surface area contributed by atoms with Crippen LogP contribution >= 0.6 is 0 Å². The highest BCUT2D eigenvalue weighted by Crippen LogP contribution is 2.27. The quantitative estimate of drug-likeness (QED) is 0.667. The normalized spacial score (nSPS) is 18.1. The van der Waals surface area contributed by atoms with Crippen molar-refractivity contribution in [2.24, 2.45) is 0 Å². The minimum atomic E-state index is -0.0776. The Morgan fingerprint density at radius 2 is 1.87 bits per heavy atom. The Hall–Kier alpha value is -2.73. The van der Waals surface area contributed by atoms with Crippen LogP contribution in [0.25, 0.3) is 22.0 Å². The minimum Gasteiger partial charge on any atom is -0.348 e. The van der Waals surface area contributed by atoms with Gasteiger partial charge in [-0.2, -0.15) is 5.10 Å². The average molecular weight is 404 g/mol. The minimum absolute atomic E-state index is 0.0776. The number of nitrogens with one attached hydrogen (secondary N) is 2. The molecule has 5 rings (SSSR count). The van der Waals surface area contributed by atoms with Gasteiger partial charge in [0.25, 0.3) is 5.91 Å². The van der Waals surface area contributed by atoms with E-state index >= 15 is 0 Å². The standard InChI is InChI=1S/C24H29N5O/c30-24(26-20-6-2-1-3-7-20)23-21-13-18(8-9-22(21)27-28-23)19-12-17(14-25-15-19)16-29-10-4-5-11-29/h8-9,12-15,20H,1-7,10-11,16H2,(H,26,30)(H,27,28). The largest absolute Gasteiger partial charge is 0.348 e. The Morgan fingerprint density at radius 1 is 1.03 bits per heavy atom. The van der Waals surface area contributed by atoms with Gasteiger partial charge in [0, 0.05) is 35.9 Å². The van der Waals surface area contributed by atoms with Crippen LogP contribution in [-0.2, 0) is 6.54 Å². The number of carbonyl (C=O) groups is 1. The maximum atomic E-state index is 12.9. The number of benzene rings is 1. The molecule has 0 atom stereocenters. The summed E-state index contributed by atoms with van der Waals surface area (Å²) in [5, 5.41) is 11.4. The number of H-pyrrole nitrogens is 1. The molecule has 2 aromatic heterocycles. The lowest BCUT2D eigenvalue weighted by Crippen LogP contribution is -2.36. The molecule has 1 amide bonds. The number of rotatable bonds is 5. The van der Waals surface area contributed by atoms with E-state index in [-0.39, 0.29) is 11.9 Å². The monoisotopic (exact) mass is 403 g/mol. The molecule has 1 aromatic carbocycles. The molecule has 1 saturated heterocycles. The van der Waals surface area contributed by atoms with Gasteiger partial charge in [0.05, 0.1) is 5.52 Å². The van der Waals surface area contributed by atoms with E-state index in [2.05, 4.69) is 43.6 Å². The molecule has 2 fully saturated rings. The van der Waals surface area contributed by atoms with Gasteiger partial charge in [-0.15, -0.1) is 0 Å². The third-order valence-corrected chi connectivity index (χ3v) is 6.45. The van der Waals surface area contributed by atoms with E-state index < -0.39 is 0 Å². The summed E-state index contributed by atoms with van der Waals surface area (Å²) in [4.78, 5) is 19.8. The molecule has 1 aliphatic heterocycles. The predicted molar refractivity (Wildman–Crippen MR) is 118 cm³/mol. The topological polar surface area (TPSA) is 73.9 Å². The number of likely N-dealkylation sites (tertiary alicyclic amines) is 1. The first-order chi connectivity index (χ1) is 14.8. The van der Waals surface area contributed by atoms with Gasteiger partial charge in [0.15, 0.2) is 5.69 Å². The molecule has 3 aromatic rings. The van der Waals surface area contributed by atoms with Crippen LogP contribution in [0.5, 0.6) is 0 Å². The van der Waals surface area contributed by atoms with E-state index in [0.717, 1.165) is 41.4 Å². The number of aromatic nitrogens is 3. The van der Waals surface area contributed by atoms with E-state index in [1.54, 1.807) is 0 Å². The fourth-order valence-corrected chi connectivity index (χ4v) is 4.80. The molecular weight excluding hydrogens is 374 g/mol. The summed E-state index contributed by atoms with van der Waals surface area (Å²) in [6.07, 6.45) is 12.2. The summed E-state index contributed by atoms with van der Waals surface area (Å²) < 4.78 is 0. The number of hydrogen-bond acceptors (Lipinski definition) is 4. The summed E-state index contributed by atoms with van der Waals surface area (Å²) >= 11 is 0. The van der Waals surface area contributed by atoms with Crippen molar-refractivity contribution in [3.8, 4) is 11.1 Å². The van der Waals surface area contributed by atoms with E-state index in [9.17, 15) is 4.79 Å². The van der Waals surface area contributed by atoms with Crippen LogP contribution < -0.4 is 5.32 Å². The lowest BCUT2D eigenvalue weighted by atomic mass is 9.95. The van der Waals surface area contributed by atoms with Gasteiger partial charge >= 0.3 is 0 Å². The first kappa shape index (κ1) is 19.2. The lowest BCUT2D eigenvalue weighted by molar-refractivity contribution is 0.0924. The second kappa shape index (κ2) is 8.56. The van der Waals surface area contributed by atoms with E-state index in [1.807, 2.05) is 18.5 Å². The third kappa shape index (κ3) is 4.10. The second-order valence-electron chi connectivity index (χ2n) is 8.71. The molecule has 2 aliphatic rings. The van der Waals surface area contributed by atoms with Gasteiger partial charge in [0.2, 0.25) is 0 Å². The predicted octanol–water partition coefficient (Wildman–Crippen LogP) is 4.28. The molecule has 0 spiro atoms. The van der Waals surface area contributed by atoms with E-state index in [4.69, 9.17) is 0 Å². The number of aromatic amines is 1. The van der Waals surface area contributed by atoms with E-state index in [1.165, 1.54) is 50.8 Å². The Balaban J connectivity index is 1.39. The number of nitrogens with zero attached hydrogens (tertiary/aromatic N) is 3. The van der Waals surface area contributed by atoms with Crippen molar-refractivity contribution >= 4 is 16.8 Å². The maximum absolute atomic E-state index is 12.9. The van der Waals surface area contributed by atoms with Crippen LogP contribution in [0.2, 0.25) is 0 Å². The molecule has 6 nitrogen and oxygen atoms in total.